The van der Waals surface area contributed by atoms with E-state index in [0.29, 0.717) is 17.7 Å². The Hall–Kier alpha value is -2.28. The zero-order chi connectivity index (χ0) is 16.4. The van der Waals surface area contributed by atoms with E-state index in [1.165, 1.54) is 10.8 Å². The van der Waals surface area contributed by atoms with Crippen LogP contribution in [0.2, 0.25) is 0 Å². The predicted molar refractivity (Wildman–Crippen MR) is 85.6 cm³/mol. The molecule has 7 heteroatoms. The van der Waals surface area contributed by atoms with Gasteiger partial charge in [0, 0.05) is 29.9 Å². The lowest BCUT2D eigenvalue weighted by Gasteiger charge is -2.07. The Morgan fingerprint density at radius 3 is 2.74 bits per heavy atom. The second-order valence-corrected chi connectivity index (χ2v) is 5.49. The highest BCUT2D eigenvalue weighted by molar-refractivity contribution is 7.84. The van der Waals surface area contributed by atoms with E-state index < -0.39 is 11.9 Å². The number of pyridine rings is 1. The Bertz CT molecular complexity index is 802. The molecule has 1 aliphatic carbocycles. The van der Waals surface area contributed by atoms with Crippen molar-refractivity contribution in [3.05, 3.63) is 65.6 Å². The van der Waals surface area contributed by atoms with Gasteiger partial charge in [-0.2, -0.15) is 13.2 Å². The standard InChI is InChI=1S/C16H12F3N3S/c17-16(18,19)14-10-22(12-4-1-5-13(23)7-6-12)15(21-14)11-3-2-8-20-9-11/h1-4,6-10,23H,5H2. The summed E-state index contributed by atoms with van der Waals surface area (Å²) in [6.45, 7) is 0. The second-order valence-electron chi connectivity index (χ2n) is 4.92. The Morgan fingerprint density at radius 1 is 1.22 bits per heavy atom. The van der Waals surface area contributed by atoms with E-state index in [1.54, 1.807) is 36.6 Å². The number of imidazole rings is 1. The van der Waals surface area contributed by atoms with Crippen LogP contribution in [0.4, 0.5) is 13.2 Å². The molecule has 2 heterocycles. The fourth-order valence-corrected chi connectivity index (χ4v) is 2.36. The smallest absolute Gasteiger partial charge is 0.299 e. The third-order valence-corrected chi connectivity index (χ3v) is 3.59. The van der Waals surface area contributed by atoms with E-state index >= 15 is 0 Å². The lowest BCUT2D eigenvalue weighted by Crippen LogP contribution is -2.05. The normalized spacial score (nSPS) is 15.1. The van der Waals surface area contributed by atoms with Crippen molar-refractivity contribution >= 4 is 18.3 Å². The molecule has 1 aliphatic rings. The molecule has 0 radical (unpaired) electrons. The monoisotopic (exact) mass is 335 g/mol. The summed E-state index contributed by atoms with van der Waals surface area (Å²) in [6.07, 6.45) is 7.23. The van der Waals surface area contributed by atoms with Gasteiger partial charge in [0.25, 0.3) is 0 Å². The quantitative estimate of drug-likeness (QED) is 0.815. The Morgan fingerprint density at radius 2 is 2.04 bits per heavy atom. The number of thiol groups is 1. The zero-order valence-corrected chi connectivity index (χ0v) is 12.7. The van der Waals surface area contributed by atoms with E-state index in [1.807, 2.05) is 6.08 Å². The van der Waals surface area contributed by atoms with E-state index in [4.69, 9.17) is 0 Å². The molecular formula is C16H12F3N3S. The zero-order valence-electron chi connectivity index (χ0n) is 11.8. The minimum Gasteiger partial charge on any atom is -0.299 e. The highest BCUT2D eigenvalue weighted by Crippen LogP contribution is 2.33. The molecule has 2 aromatic heterocycles. The van der Waals surface area contributed by atoms with Gasteiger partial charge in [-0.15, -0.1) is 12.6 Å². The molecular weight excluding hydrogens is 323 g/mol. The Kier molecular flexibility index (Phi) is 4.12. The van der Waals surface area contributed by atoms with Crippen molar-refractivity contribution in [2.24, 2.45) is 0 Å². The largest absolute Gasteiger partial charge is 0.434 e. The first-order valence-corrected chi connectivity index (χ1v) is 7.23. The minimum atomic E-state index is -4.51. The molecule has 0 saturated carbocycles. The van der Waals surface area contributed by atoms with Crippen LogP contribution >= 0.6 is 12.6 Å². The topological polar surface area (TPSA) is 30.7 Å². The first-order chi connectivity index (χ1) is 10.9. The molecule has 0 bridgehead atoms. The highest BCUT2D eigenvalue weighted by atomic mass is 32.1. The first-order valence-electron chi connectivity index (χ1n) is 6.79. The van der Waals surface area contributed by atoms with Gasteiger partial charge >= 0.3 is 6.18 Å². The van der Waals surface area contributed by atoms with Gasteiger partial charge in [0.15, 0.2) is 5.69 Å². The van der Waals surface area contributed by atoms with Crippen LogP contribution in [0.25, 0.3) is 17.1 Å². The molecule has 0 amide bonds. The molecule has 0 fully saturated rings. The molecule has 3 nitrogen and oxygen atoms in total. The van der Waals surface area contributed by atoms with Gasteiger partial charge in [-0.25, -0.2) is 4.98 Å². The minimum absolute atomic E-state index is 0.192. The van der Waals surface area contributed by atoms with Crippen molar-refractivity contribution in [3.8, 4) is 11.4 Å². The summed E-state index contributed by atoms with van der Waals surface area (Å²) < 4.78 is 40.6. The molecule has 0 saturated heterocycles. The summed E-state index contributed by atoms with van der Waals surface area (Å²) in [5.41, 5.74) is 0.150. The van der Waals surface area contributed by atoms with Gasteiger partial charge in [0.2, 0.25) is 0 Å². The summed E-state index contributed by atoms with van der Waals surface area (Å²) in [5.74, 6) is 0.192. The molecule has 3 rings (SSSR count). The van der Waals surface area contributed by atoms with E-state index in [0.717, 1.165) is 11.1 Å². The van der Waals surface area contributed by atoms with Gasteiger partial charge in [0.05, 0.1) is 0 Å². The number of rotatable bonds is 2. The van der Waals surface area contributed by atoms with Crippen LogP contribution in [0.15, 0.2) is 59.9 Å². The molecule has 2 aromatic rings. The van der Waals surface area contributed by atoms with Gasteiger partial charge in [-0.3, -0.25) is 9.55 Å². The SMILES string of the molecule is FC(F)(F)c1cn(C2=CC=C(S)CC=C2)c(-c2cccnc2)n1. The maximum atomic E-state index is 13.1. The number of nitrogens with zero attached hydrogens (tertiary/aromatic N) is 3. The molecule has 0 aromatic carbocycles. The average molecular weight is 335 g/mol. The van der Waals surface area contributed by atoms with Gasteiger partial charge in [-0.1, -0.05) is 12.2 Å². The number of hydrogen-bond donors (Lipinski definition) is 1. The fourth-order valence-electron chi connectivity index (χ4n) is 2.18. The summed E-state index contributed by atoms with van der Waals surface area (Å²) in [6, 6.07) is 3.33. The van der Waals surface area contributed by atoms with Crippen LogP contribution in [0, 0.1) is 0 Å². The summed E-state index contributed by atoms with van der Waals surface area (Å²) >= 11 is 4.28. The number of allylic oxidation sites excluding steroid dienone is 6. The predicted octanol–water partition coefficient (Wildman–Crippen LogP) is 4.58. The summed E-state index contributed by atoms with van der Waals surface area (Å²) in [7, 11) is 0. The molecule has 0 spiro atoms. The number of halogens is 3. The number of alkyl halides is 3. The van der Waals surface area contributed by atoms with Crippen LogP contribution in [-0.4, -0.2) is 14.5 Å². The van der Waals surface area contributed by atoms with Gasteiger partial charge < -0.3 is 0 Å². The van der Waals surface area contributed by atoms with Crippen molar-refractivity contribution in [1.82, 2.24) is 14.5 Å². The van der Waals surface area contributed by atoms with Crippen LogP contribution in [0.5, 0.6) is 0 Å². The Balaban J connectivity index is 2.17. The molecule has 0 atom stereocenters. The number of hydrogen-bond acceptors (Lipinski definition) is 3. The molecule has 0 unspecified atom stereocenters. The molecule has 0 N–H and O–H groups in total. The molecule has 23 heavy (non-hydrogen) atoms. The van der Waals surface area contributed by atoms with Crippen molar-refractivity contribution in [1.29, 1.82) is 0 Å². The van der Waals surface area contributed by atoms with Crippen molar-refractivity contribution in [2.45, 2.75) is 12.6 Å². The van der Waals surface area contributed by atoms with Crippen molar-refractivity contribution in [2.75, 3.05) is 0 Å². The van der Waals surface area contributed by atoms with Gasteiger partial charge in [-0.05, 0) is 35.6 Å². The van der Waals surface area contributed by atoms with Crippen molar-refractivity contribution in [3.63, 3.8) is 0 Å². The highest BCUT2D eigenvalue weighted by Gasteiger charge is 2.35. The second kappa shape index (κ2) is 6.08. The van der Waals surface area contributed by atoms with Crippen molar-refractivity contribution < 1.29 is 13.2 Å². The van der Waals surface area contributed by atoms with Crippen LogP contribution in [0.1, 0.15) is 12.1 Å². The molecule has 118 valence electrons. The van der Waals surface area contributed by atoms with E-state index in [2.05, 4.69) is 22.6 Å². The average Bonchev–Trinajstić information content (AvgIpc) is 2.86. The van der Waals surface area contributed by atoms with Crippen LogP contribution in [0.3, 0.4) is 0 Å². The van der Waals surface area contributed by atoms with Crippen LogP contribution in [-0.2, 0) is 6.18 Å². The third kappa shape index (κ3) is 3.39. The van der Waals surface area contributed by atoms with Gasteiger partial charge in [0.1, 0.15) is 5.82 Å². The lowest BCUT2D eigenvalue weighted by molar-refractivity contribution is -0.140. The first kappa shape index (κ1) is 15.6. The van der Waals surface area contributed by atoms with E-state index in [9.17, 15) is 13.2 Å². The fraction of sp³-hybridized carbons (Fsp3) is 0.125. The summed E-state index contributed by atoms with van der Waals surface area (Å²) in [5, 5.41) is 0. The maximum Gasteiger partial charge on any atom is 0.434 e. The third-order valence-electron chi connectivity index (χ3n) is 3.26. The molecule has 0 aliphatic heterocycles. The number of aromatic nitrogens is 3. The van der Waals surface area contributed by atoms with E-state index in [-0.39, 0.29) is 5.82 Å². The maximum absolute atomic E-state index is 13.1. The Labute approximate surface area is 136 Å². The van der Waals surface area contributed by atoms with Crippen LogP contribution < -0.4 is 0 Å². The lowest BCUT2D eigenvalue weighted by atomic mass is 10.2. The summed E-state index contributed by atoms with van der Waals surface area (Å²) in [4.78, 5) is 8.54.